The molecule has 0 saturated heterocycles. The number of carbonyl (C=O) groups is 1. The number of amides is 1. The van der Waals surface area contributed by atoms with E-state index in [9.17, 15) is 9.90 Å². The van der Waals surface area contributed by atoms with E-state index in [1.54, 1.807) is 18.2 Å². The van der Waals surface area contributed by atoms with Gasteiger partial charge in [0.2, 0.25) is 0 Å². The molecule has 0 atom stereocenters. The van der Waals surface area contributed by atoms with Gasteiger partial charge in [-0.05, 0) is 18.6 Å². The minimum atomic E-state index is -0.163. The highest BCUT2D eigenvalue weighted by Crippen LogP contribution is 2.23. The van der Waals surface area contributed by atoms with Crippen LogP contribution >= 0.6 is 0 Å². The van der Waals surface area contributed by atoms with Crippen molar-refractivity contribution in [2.75, 3.05) is 13.2 Å². The van der Waals surface area contributed by atoms with Crippen molar-refractivity contribution in [2.24, 2.45) is 0 Å². The first-order chi connectivity index (χ1) is 8.24. The van der Waals surface area contributed by atoms with Crippen molar-refractivity contribution in [3.05, 3.63) is 24.3 Å². The summed E-state index contributed by atoms with van der Waals surface area (Å²) in [6.45, 7) is 2.73. The molecule has 1 rings (SSSR count). The van der Waals surface area contributed by atoms with E-state index in [1.165, 1.54) is 6.07 Å². The van der Waals surface area contributed by atoms with Gasteiger partial charge in [0, 0.05) is 6.54 Å². The maximum atomic E-state index is 11.4. The van der Waals surface area contributed by atoms with Crippen molar-refractivity contribution in [3.8, 4) is 11.5 Å². The smallest absolute Gasteiger partial charge is 0.257 e. The molecule has 4 nitrogen and oxygen atoms in total. The third kappa shape index (κ3) is 5.24. The van der Waals surface area contributed by atoms with Crippen LogP contribution in [0.1, 0.15) is 26.2 Å². The van der Waals surface area contributed by atoms with Gasteiger partial charge in [-0.2, -0.15) is 0 Å². The summed E-state index contributed by atoms with van der Waals surface area (Å²) in [5.41, 5.74) is 0. The lowest BCUT2D eigenvalue weighted by molar-refractivity contribution is -0.123. The molecule has 0 heterocycles. The molecule has 0 aliphatic heterocycles. The van der Waals surface area contributed by atoms with Crippen LogP contribution in [-0.2, 0) is 4.79 Å². The van der Waals surface area contributed by atoms with Gasteiger partial charge in [0.05, 0.1) is 0 Å². The molecule has 17 heavy (non-hydrogen) atoms. The lowest BCUT2D eigenvalue weighted by Crippen LogP contribution is -2.29. The fourth-order valence-corrected chi connectivity index (χ4v) is 1.38. The summed E-state index contributed by atoms with van der Waals surface area (Å²) in [7, 11) is 0. The fraction of sp³-hybridized carbons (Fsp3) is 0.462. The summed E-state index contributed by atoms with van der Waals surface area (Å²) in [6, 6.07) is 6.59. The highest BCUT2D eigenvalue weighted by molar-refractivity contribution is 5.77. The molecule has 0 aromatic heterocycles. The van der Waals surface area contributed by atoms with Gasteiger partial charge in [0.15, 0.2) is 18.1 Å². The highest BCUT2D eigenvalue weighted by atomic mass is 16.5. The number of hydrogen-bond donors (Lipinski definition) is 2. The lowest BCUT2D eigenvalue weighted by atomic mass is 10.2. The minimum absolute atomic E-state index is 0.0475. The second-order valence-corrected chi connectivity index (χ2v) is 3.81. The zero-order valence-corrected chi connectivity index (χ0v) is 10.1. The Morgan fingerprint density at radius 2 is 2.12 bits per heavy atom. The second-order valence-electron chi connectivity index (χ2n) is 3.81. The van der Waals surface area contributed by atoms with E-state index in [2.05, 4.69) is 12.2 Å². The van der Waals surface area contributed by atoms with Gasteiger partial charge in [0.1, 0.15) is 0 Å². The molecular formula is C13H19NO3. The molecule has 94 valence electrons. The van der Waals surface area contributed by atoms with E-state index in [0.29, 0.717) is 12.3 Å². The van der Waals surface area contributed by atoms with Crippen LogP contribution in [0, 0.1) is 0 Å². The lowest BCUT2D eigenvalue weighted by Gasteiger charge is -2.08. The number of nitrogens with one attached hydrogen (secondary N) is 1. The van der Waals surface area contributed by atoms with Gasteiger partial charge < -0.3 is 15.2 Å². The van der Waals surface area contributed by atoms with Gasteiger partial charge in [0.25, 0.3) is 5.91 Å². The predicted molar refractivity (Wildman–Crippen MR) is 66.1 cm³/mol. The zero-order chi connectivity index (χ0) is 12.5. The van der Waals surface area contributed by atoms with E-state index in [1.807, 2.05) is 0 Å². The Hall–Kier alpha value is -1.71. The van der Waals surface area contributed by atoms with E-state index in [-0.39, 0.29) is 18.3 Å². The standard InChI is InChI=1S/C13H19NO3/c1-2-3-6-9-14-13(16)10-17-12-8-5-4-7-11(12)15/h4-5,7-8,15H,2-3,6,9-10H2,1H3,(H,14,16). The number of rotatable bonds is 7. The van der Waals surface area contributed by atoms with Crippen molar-refractivity contribution in [3.63, 3.8) is 0 Å². The van der Waals surface area contributed by atoms with E-state index in [0.717, 1.165) is 19.3 Å². The maximum absolute atomic E-state index is 11.4. The molecule has 0 radical (unpaired) electrons. The molecule has 1 amide bonds. The monoisotopic (exact) mass is 237 g/mol. The normalized spacial score (nSPS) is 9.94. The van der Waals surface area contributed by atoms with Gasteiger partial charge in [-0.25, -0.2) is 0 Å². The summed E-state index contributed by atoms with van der Waals surface area (Å²) in [4.78, 5) is 11.4. The number of phenols is 1. The zero-order valence-electron chi connectivity index (χ0n) is 10.1. The first kappa shape index (κ1) is 13.4. The Balaban J connectivity index is 2.22. The number of hydrogen-bond acceptors (Lipinski definition) is 3. The number of unbranched alkanes of at least 4 members (excludes halogenated alkanes) is 2. The van der Waals surface area contributed by atoms with Crippen LogP contribution in [0.3, 0.4) is 0 Å². The molecule has 0 aliphatic carbocycles. The van der Waals surface area contributed by atoms with Crippen LogP contribution < -0.4 is 10.1 Å². The first-order valence-corrected chi connectivity index (χ1v) is 5.91. The van der Waals surface area contributed by atoms with Crippen LogP contribution in [0.25, 0.3) is 0 Å². The van der Waals surface area contributed by atoms with Crippen molar-refractivity contribution >= 4 is 5.91 Å². The molecule has 0 bridgehead atoms. The number of para-hydroxylation sites is 2. The molecule has 2 N–H and O–H groups in total. The fourth-order valence-electron chi connectivity index (χ4n) is 1.38. The SMILES string of the molecule is CCCCCNC(=O)COc1ccccc1O. The summed E-state index contributed by atoms with van der Waals surface area (Å²) in [5.74, 6) is 0.215. The molecule has 1 aromatic carbocycles. The quantitative estimate of drug-likeness (QED) is 0.714. The topological polar surface area (TPSA) is 58.6 Å². The summed E-state index contributed by atoms with van der Waals surface area (Å²) in [6.07, 6.45) is 3.23. The molecule has 4 heteroatoms. The van der Waals surface area contributed by atoms with Crippen LogP contribution in [0.4, 0.5) is 0 Å². The van der Waals surface area contributed by atoms with Crippen LogP contribution in [-0.4, -0.2) is 24.2 Å². The summed E-state index contributed by atoms with van der Waals surface area (Å²) in [5, 5.41) is 12.2. The van der Waals surface area contributed by atoms with Crippen molar-refractivity contribution in [1.29, 1.82) is 0 Å². The molecule has 0 spiro atoms. The molecule has 1 aromatic rings. The van der Waals surface area contributed by atoms with Gasteiger partial charge >= 0.3 is 0 Å². The Morgan fingerprint density at radius 1 is 1.35 bits per heavy atom. The summed E-state index contributed by atoms with van der Waals surface area (Å²) >= 11 is 0. The van der Waals surface area contributed by atoms with Crippen LogP contribution in [0.2, 0.25) is 0 Å². The molecular weight excluding hydrogens is 218 g/mol. The maximum Gasteiger partial charge on any atom is 0.257 e. The molecule has 0 saturated carbocycles. The van der Waals surface area contributed by atoms with E-state index in [4.69, 9.17) is 4.74 Å². The Kier molecular flexibility index (Phi) is 5.93. The summed E-state index contributed by atoms with van der Waals surface area (Å²) < 4.78 is 5.19. The van der Waals surface area contributed by atoms with Crippen LogP contribution in [0.5, 0.6) is 11.5 Å². The molecule has 0 aliphatic rings. The highest BCUT2D eigenvalue weighted by Gasteiger charge is 2.04. The number of carbonyl (C=O) groups excluding carboxylic acids is 1. The largest absolute Gasteiger partial charge is 0.504 e. The number of ether oxygens (including phenoxy) is 1. The number of benzene rings is 1. The molecule has 0 unspecified atom stereocenters. The van der Waals surface area contributed by atoms with Gasteiger partial charge in [-0.15, -0.1) is 0 Å². The Morgan fingerprint density at radius 3 is 2.82 bits per heavy atom. The first-order valence-electron chi connectivity index (χ1n) is 5.91. The number of phenolic OH excluding ortho intramolecular Hbond substituents is 1. The Bertz CT molecular complexity index is 352. The third-order valence-corrected chi connectivity index (χ3v) is 2.33. The van der Waals surface area contributed by atoms with Gasteiger partial charge in [-0.1, -0.05) is 31.9 Å². The third-order valence-electron chi connectivity index (χ3n) is 2.33. The average Bonchev–Trinajstić information content (AvgIpc) is 2.34. The number of aromatic hydroxyl groups is 1. The van der Waals surface area contributed by atoms with E-state index >= 15 is 0 Å². The second kappa shape index (κ2) is 7.54. The Labute approximate surface area is 102 Å². The van der Waals surface area contributed by atoms with Crippen molar-refractivity contribution in [2.45, 2.75) is 26.2 Å². The van der Waals surface area contributed by atoms with E-state index < -0.39 is 0 Å². The minimum Gasteiger partial charge on any atom is -0.504 e. The predicted octanol–water partition coefficient (Wildman–Crippen LogP) is 2.08. The average molecular weight is 237 g/mol. The molecule has 0 fully saturated rings. The van der Waals surface area contributed by atoms with Crippen molar-refractivity contribution in [1.82, 2.24) is 5.32 Å². The van der Waals surface area contributed by atoms with Crippen molar-refractivity contribution < 1.29 is 14.6 Å². The van der Waals surface area contributed by atoms with Gasteiger partial charge in [-0.3, -0.25) is 4.79 Å². The van der Waals surface area contributed by atoms with Crippen LogP contribution in [0.15, 0.2) is 24.3 Å².